The van der Waals surface area contributed by atoms with Crippen molar-refractivity contribution < 1.29 is 0 Å². The Morgan fingerprint density at radius 3 is 2.58 bits per heavy atom. The van der Waals surface area contributed by atoms with Gasteiger partial charge in [0.25, 0.3) is 0 Å². The Morgan fingerprint density at radius 2 is 1.95 bits per heavy atom. The SMILES string of the molecule is C=C(C)C1C(c2ccc(Cl)cc2)CC2CCC1N2C. The van der Waals surface area contributed by atoms with Crippen molar-refractivity contribution >= 4 is 11.6 Å². The van der Waals surface area contributed by atoms with Crippen LogP contribution in [0, 0.1) is 5.92 Å². The standard InChI is InChI=1S/C17H22ClN/c1-11(2)17-15(12-4-6-13(18)7-5-12)10-14-8-9-16(17)19(14)3/h4-7,14-17H,1,8-10H2,2-3H3. The van der Waals surface area contributed by atoms with Crippen LogP contribution in [0.3, 0.4) is 0 Å². The molecule has 102 valence electrons. The Bertz CT molecular complexity index is 479. The van der Waals surface area contributed by atoms with Gasteiger partial charge in [-0.25, -0.2) is 0 Å². The third-order valence-corrected chi connectivity index (χ3v) is 5.39. The van der Waals surface area contributed by atoms with Gasteiger partial charge in [-0.1, -0.05) is 35.9 Å². The minimum Gasteiger partial charge on any atom is -0.300 e. The first-order chi connectivity index (χ1) is 9.08. The van der Waals surface area contributed by atoms with Crippen molar-refractivity contribution in [3.8, 4) is 0 Å². The number of piperidine rings is 1. The summed E-state index contributed by atoms with van der Waals surface area (Å²) in [5.41, 5.74) is 2.76. The van der Waals surface area contributed by atoms with E-state index >= 15 is 0 Å². The van der Waals surface area contributed by atoms with Gasteiger partial charge >= 0.3 is 0 Å². The van der Waals surface area contributed by atoms with Gasteiger partial charge in [-0.15, -0.1) is 0 Å². The number of hydrogen-bond acceptors (Lipinski definition) is 1. The third kappa shape index (κ3) is 2.23. The molecule has 19 heavy (non-hydrogen) atoms. The second-order valence-electron chi connectivity index (χ2n) is 6.23. The molecule has 1 nitrogen and oxygen atoms in total. The molecule has 0 N–H and O–H groups in total. The first-order valence-electron chi connectivity index (χ1n) is 7.20. The molecule has 0 aromatic heterocycles. The Balaban J connectivity index is 1.95. The van der Waals surface area contributed by atoms with Crippen molar-refractivity contribution in [3.05, 3.63) is 47.0 Å². The molecule has 2 aliphatic rings. The third-order valence-electron chi connectivity index (χ3n) is 5.14. The lowest BCUT2D eigenvalue weighted by Gasteiger charge is -2.43. The van der Waals surface area contributed by atoms with E-state index in [1.165, 1.54) is 30.4 Å². The zero-order valence-corrected chi connectivity index (χ0v) is 12.5. The number of rotatable bonds is 2. The molecule has 0 radical (unpaired) electrons. The molecule has 0 amide bonds. The van der Waals surface area contributed by atoms with Crippen LogP contribution in [0.5, 0.6) is 0 Å². The van der Waals surface area contributed by atoms with Gasteiger partial charge < -0.3 is 0 Å². The predicted molar refractivity (Wildman–Crippen MR) is 81.7 cm³/mol. The molecule has 0 spiro atoms. The molecule has 0 aliphatic carbocycles. The quantitative estimate of drug-likeness (QED) is 0.719. The van der Waals surface area contributed by atoms with Gasteiger partial charge in [0.1, 0.15) is 0 Å². The maximum absolute atomic E-state index is 6.02. The van der Waals surface area contributed by atoms with Gasteiger partial charge in [-0.05, 0) is 56.8 Å². The van der Waals surface area contributed by atoms with Gasteiger partial charge in [0.15, 0.2) is 0 Å². The fraction of sp³-hybridized carbons (Fsp3) is 0.529. The predicted octanol–water partition coefficient (Wildman–Crippen LogP) is 4.48. The van der Waals surface area contributed by atoms with E-state index in [2.05, 4.69) is 37.6 Å². The summed E-state index contributed by atoms with van der Waals surface area (Å²) < 4.78 is 0. The van der Waals surface area contributed by atoms with Crippen molar-refractivity contribution in [2.75, 3.05) is 7.05 Å². The Kier molecular flexibility index (Phi) is 3.44. The van der Waals surface area contributed by atoms with Crippen LogP contribution in [0.4, 0.5) is 0 Å². The molecule has 2 heteroatoms. The highest BCUT2D eigenvalue weighted by atomic mass is 35.5. The molecule has 4 unspecified atom stereocenters. The van der Waals surface area contributed by atoms with Crippen molar-refractivity contribution in [2.24, 2.45) is 5.92 Å². The number of fused-ring (bicyclic) bond motifs is 2. The second-order valence-corrected chi connectivity index (χ2v) is 6.67. The molecule has 1 aromatic carbocycles. The van der Waals surface area contributed by atoms with E-state index in [1.807, 2.05) is 12.1 Å². The molecule has 2 aliphatic heterocycles. The fourth-order valence-electron chi connectivity index (χ4n) is 4.19. The van der Waals surface area contributed by atoms with Crippen LogP contribution in [0.15, 0.2) is 36.4 Å². The Hall–Kier alpha value is -0.790. The summed E-state index contributed by atoms with van der Waals surface area (Å²) in [5, 5.41) is 0.825. The van der Waals surface area contributed by atoms with Gasteiger partial charge in [-0.2, -0.15) is 0 Å². The average Bonchev–Trinajstić information content (AvgIpc) is 2.63. The van der Waals surface area contributed by atoms with Crippen LogP contribution in [0.2, 0.25) is 5.02 Å². The first kappa shape index (κ1) is 13.2. The Morgan fingerprint density at radius 1 is 1.26 bits per heavy atom. The minimum absolute atomic E-state index is 0.588. The molecule has 1 aromatic rings. The van der Waals surface area contributed by atoms with Crippen LogP contribution in [-0.2, 0) is 0 Å². The molecule has 2 heterocycles. The summed E-state index contributed by atoms with van der Waals surface area (Å²) in [6.07, 6.45) is 3.92. The monoisotopic (exact) mass is 275 g/mol. The lowest BCUT2D eigenvalue weighted by Crippen LogP contribution is -2.46. The van der Waals surface area contributed by atoms with Crippen molar-refractivity contribution in [3.63, 3.8) is 0 Å². The molecular formula is C17H22ClN. The summed E-state index contributed by atoms with van der Waals surface area (Å²) in [6, 6.07) is 9.87. The van der Waals surface area contributed by atoms with Crippen molar-refractivity contribution in [1.29, 1.82) is 0 Å². The highest BCUT2D eigenvalue weighted by Crippen LogP contribution is 2.48. The summed E-state index contributed by atoms with van der Waals surface area (Å²) in [4.78, 5) is 2.59. The fourth-order valence-corrected chi connectivity index (χ4v) is 4.32. The van der Waals surface area contributed by atoms with Crippen molar-refractivity contribution in [2.45, 2.75) is 44.2 Å². The molecule has 4 atom stereocenters. The molecule has 2 saturated heterocycles. The normalized spacial score (nSPS) is 34.5. The minimum atomic E-state index is 0.588. The van der Waals surface area contributed by atoms with E-state index < -0.39 is 0 Å². The zero-order chi connectivity index (χ0) is 13.6. The van der Waals surface area contributed by atoms with Crippen molar-refractivity contribution in [1.82, 2.24) is 4.90 Å². The van der Waals surface area contributed by atoms with Crippen LogP contribution in [-0.4, -0.2) is 24.0 Å². The summed E-state index contributed by atoms with van der Waals surface area (Å²) in [6.45, 7) is 6.47. The van der Waals surface area contributed by atoms with E-state index in [-0.39, 0.29) is 0 Å². The maximum atomic E-state index is 6.02. The van der Waals surface area contributed by atoms with Crippen LogP contribution < -0.4 is 0 Å². The molecule has 2 bridgehead atoms. The van der Waals surface area contributed by atoms with Gasteiger partial charge in [-0.3, -0.25) is 4.90 Å². The molecule has 3 rings (SSSR count). The van der Waals surface area contributed by atoms with E-state index in [0.29, 0.717) is 17.9 Å². The maximum Gasteiger partial charge on any atom is 0.0406 e. The second kappa shape index (κ2) is 4.96. The van der Waals surface area contributed by atoms with E-state index in [0.717, 1.165) is 11.1 Å². The molecular weight excluding hydrogens is 254 g/mol. The number of halogens is 1. The van der Waals surface area contributed by atoms with Gasteiger partial charge in [0.05, 0.1) is 0 Å². The summed E-state index contributed by atoms with van der Waals surface area (Å²) in [7, 11) is 2.29. The first-order valence-corrected chi connectivity index (χ1v) is 7.58. The van der Waals surface area contributed by atoms with E-state index in [9.17, 15) is 0 Å². The Labute approximate surface area is 121 Å². The van der Waals surface area contributed by atoms with E-state index in [4.69, 9.17) is 11.6 Å². The lowest BCUT2D eigenvalue weighted by atomic mass is 9.73. The average molecular weight is 276 g/mol. The number of hydrogen-bond donors (Lipinski definition) is 0. The van der Waals surface area contributed by atoms with Gasteiger partial charge in [0.2, 0.25) is 0 Å². The summed E-state index contributed by atoms with van der Waals surface area (Å²) in [5.74, 6) is 1.20. The molecule has 0 saturated carbocycles. The van der Waals surface area contributed by atoms with E-state index in [1.54, 1.807) is 0 Å². The largest absolute Gasteiger partial charge is 0.300 e. The van der Waals surface area contributed by atoms with Crippen LogP contribution >= 0.6 is 11.6 Å². The summed E-state index contributed by atoms with van der Waals surface area (Å²) >= 11 is 6.02. The zero-order valence-electron chi connectivity index (χ0n) is 11.8. The highest BCUT2D eigenvalue weighted by molar-refractivity contribution is 6.30. The highest BCUT2D eigenvalue weighted by Gasteiger charge is 2.45. The molecule has 2 fully saturated rings. The topological polar surface area (TPSA) is 3.24 Å². The van der Waals surface area contributed by atoms with Gasteiger partial charge in [0, 0.05) is 23.0 Å². The lowest BCUT2D eigenvalue weighted by molar-refractivity contribution is 0.118. The van der Waals surface area contributed by atoms with Crippen LogP contribution in [0.25, 0.3) is 0 Å². The number of nitrogens with zero attached hydrogens (tertiary/aromatic N) is 1. The van der Waals surface area contributed by atoms with Crippen LogP contribution in [0.1, 0.15) is 37.7 Å². The smallest absolute Gasteiger partial charge is 0.0406 e. The number of benzene rings is 1.